The number of aliphatic hydroxyl groups is 2. The van der Waals surface area contributed by atoms with Gasteiger partial charge < -0.3 is 15.1 Å². The van der Waals surface area contributed by atoms with Gasteiger partial charge in [-0.3, -0.25) is 9.69 Å². The van der Waals surface area contributed by atoms with E-state index >= 15 is 0 Å². The molecule has 1 atom stereocenters. The number of carbonyl (C=O) groups is 1. The molecule has 3 aromatic rings. The lowest BCUT2D eigenvalue weighted by atomic mass is 9.97. The molecule has 1 aliphatic heterocycles. The average Bonchev–Trinajstić information content (AvgIpc) is 2.79. The molecular formula is C27H30N2O3. The van der Waals surface area contributed by atoms with Crippen molar-refractivity contribution in [2.45, 2.75) is 46.1 Å². The van der Waals surface area contributed by atoms with Crippen LogP contribution in [-0.2, 0) is 17.9 Å². The van der Waals surface area contributed by atoms with Crippen LogP contribution in [0.25, 0.3) is 11.1 Å². The van der Waals surface area contributed by atoms with Crippen LogP contribution in [0.15, 0.2) is 66.7 Å². The summed E-state index contributed by atoms with van der Waals surface area (Å²) in [5.41, 5.74) is 6.89. The maximum Gasteiger partial charge on any atom is 0.226 e. The molecule has 166 valence electrons. The molecule has 5 heteroatoms. The molecule has 0 unspecified atom stereocenters. The molecule has 1 aliphatic rings. The van der Waals surface area contributed by atoms with Crippen molar-refractivity contribution in [2.75, 3.05) is 16.3 Å². The van der Waals surface area contributed by atoms with Crippen LogP contribution >= 0.6 is 0 Å². The van der Waals surface area contributed by atoms with Crippen LogP contribution in [0.5, 0.6) is 0 Å². The van der Waals surface area contributed by atoms with E-state index in [4.69, 9.17) is 0 Å². The standard InChI is InChI=1S/C27H30N2O3/c1-18(2)20-8-10-21(11-9-20)22-12-13-25-26(14-22)28(16-27(32)29(25)19(3)31)15-23-6-4-5-7-24(23)17-30/h4-14,18,27,30,32H,15-17H2,1-3H3/t27-/m0/s1. The van der Waals surface area contributed by atoms with Gasteiger partial charge in [-0.1, -0.05) is 68.4 Å². The Bertz CT molecular complexity index is 1110. The van der Waals surface area contributed by atoms with Gasteiger partial charge in [-0.25, -0.2) is 0 Å². The first-order valence-corrected chi connectivity index (χ1v) is 11.0. The molecule has 0 aliphatic carbocycles. The van der Waals surface area contributed by atoms with Crippen molar-refractivity contribution in [3.05, 3.63) is 83.4 Å². The average molecular weight is 431 g/mol. The Balaban J connectivity index is 1.76. The number of β-amino-alcohol motifs (C(OH)–C–C–N with tert-alkyl or cyclic N) is 1. The molecule has 0 saturated heterocycles. The molecule has 2 N–H and O–H groups in total. The van der Waals surface area contributed by atoms with Gasteiger partial charge in [0, 0.05) is 13.5 Å². The van der Waals surface area contributed by atoms with Crippen LogP contribution in [0.4, 0.5) is 11.4 Å². The summed E-state index contributed by atoms with van der Waals surface area (Å²) in [5, 5.41) is 20.5. The molecular weight excluding hydrogens is 400 g/mol. The van der Waals surface area contributed by atoms with E-state index in [9.17, 15) is 15.0 Å². The molecule has 5 nitrogen and oxygen atoms in total. The van der Waals surface area contributed by atoms with E-state index in [0.717, 1.165) is 27.9 Å². The number of rotatable bonds is 5. The van der Waals surface area contributed by atoms with Crippen molar-refractivity contribution < 1.29 is 15.0 Å². The lowest BCUT2D eigenvalue weighted by Gasteiger charge is -2.41. The third-order valence-corrected chi connectivity index (χ3v) is 6.16. The van der Waals surface area contributed by atoms with Crippen LogP contribution in [0, 0.1) is 0 Å². The summed E-state index contributed by atoms with van der Waals surface area (Å²) in [6.07, 6.45) is -0.933. The van der Waals surface area contributed by atoms with E-state index in [1.54, 1.807) is 0 Å². The van der Waals surface area contributed by atoms with E-state index in [1.165, 1.54) is 17.4 Å². The van der Waals surface area contributed by atoms with Crippen molar-refractivity contribution in [3.63, 3.8) is 0 Å². The Morgan fingerprint density at radius 2 is 1.62 bits per heavy atom. The van der Waals surface area contributed by atoms with Gasteiger partial charge in [0.05, 0.1) is 24.5 Å². The van der Waals surface area contributed by atoms with E-state index in [2.05, 4.69) is 49.1 Å². The Morgan fingerprint density at radius 3 is 2.25 bits per heavy atom. The van der Waals surface area contributed by atoms with Crippen molar-refractivity contribution in [2.24, 2.45) is 0 Å². The van der Waals surface area contributed by atoms with Crippen LogP contribution in [0.2, 0.25) is 0 Å². The number of amides is 1. The number of benzene rings is 3. The first-order valence-electron chi connectivity index (χ1n) is 11.0. The summed E-state index contributed by atoms with van der Waals surface area (Å²) in [5.74, 6) is 0.281. The van der Waals surface area contributed by atoms with Crippen molar-refractivity contribution in [3.8, 4) is 11.1 Å². The molecule has 1 heterocycles. The molecule has 0 spiro atoms. The van der Waals surface area contributed by atoms with Crippen LogP contribution in [0.3, 0.4) is 0 Å². The minimum absolute atomic E-state index is 0.0404. The topological polar surface area (TPSA) is 64.0 Å². The van der Waals surface area contributed by atoms with Crippen molar-refractivity contribution >= 4 is 17.3 Å². The zero-order valence-corrected chi connectivity index (χ0v) is 18.8. The normalized spacial score (nSPS) is 15.8. The van der Waals surface area contributed by atoms with Gasteiger partial charge in [0.1, 0.15) is 0 Å². The molecule has 0 radical (unpaired) electrons. The number of hydrogen-bond donors (Lipinski definition) is 2. The SMILES string of the molecule is CC(=O)N1c2ccc(-c3ccc(C(C)C)cc3)cc2N(Cc2ccccc2CO)C[C@@H]1O. The zero-order chi connectivity index (χ0) is 22.8. The predicted molar refractivity (Wildman–Crippen MR) is 129 cm³/mol. The zero-order valence-electron chi connectivity index (χ0n) is 18.8. The van der Waals surface area contributed by atoms with Crippen LogP contribution in [-0.4, -0.2) is 28.9 Å². The van der Waals surface area contributed by atoms with Gasteiger partial charge in [0.15, 0.2) is 6.23 Å². The molecule has 0 saturated carbocycles. The minimum atomic E-state index is -0.933. The Morgan fingerprint density at radius 1 is 0.969 bits per heavy atom. The highest BCUT2D eigenvalue weighted by Gasteiger charge is 2.32. The molecule has 4 rings (SSSR count). The highest BCUT2D eigenvalue weighted by atomic mass is 16.3. The van der Waals surface area contributed by atoms with Crippen LogP contribution < -0.4 is 9.80 Å². The molecule has 0 bridgehead atoms. The van der Waals surface area contributed by atoms with Gasteiger partial charge in [-0.15, -0.1) is 0 Å². The molecule has 0 fully saturated rings. The summed E-state index contributed by atoms with van der Waals surface area (Å²) in [6.45, 7) is 6.61. The van der Waals surface area contributed by atoms with Gasteiger partial charge in [0.25, 0.3) is 0 Å². The third kappa shape index (κ3) is 4.27. The highest BCUT2D eigenvalue weighted by molar-refractivity contribution is 5.97. The smallest absolute Gasteiger partial charge is 0.226 e. The summed E-state index contributed by atoms with van der Waals surface area (Å²) in [7, 11) is 0. The van der Waals surface area contributed by atoms with E-state index in [-0.39, 0.29) is 12.5 Å². The lowest BCUT2D eigenvalue weighted by Crippen LogP contribution is -2.50. The summed E-state index contributed by atoms with van der Waals surface area (Å²) in [4.78, 5) is 15.8. The highest BCUT2D eigenvalue weighted by Crippen LogP contribution is 2.39. The first-order chi connectivity index (χ1) is 15.4. The summed E-state index contributed by atoms with van der Waals surface area (Å²) >= 11 is 0. The van der Waals surface area contributed by atoms with Gasteiger partial charge in [0.2, 0.25) is 5.91 Å². The number of aliphatic hydroxyl groups excluding tert-OH is 2. The quantitative estimate of drug-likeness (QED) is 0.618. The summed E-state index contributed by atoms with van der Waals surface area (Å²) in [6, 6.07) is 22.3. The maximum atomic E-state index is 12.3. The molecule has 3 aromatic carbocycles. The number of nitrogens with zero attached hydrogens (tertiary/aromatic N) is 2. The number of fused-ring (bicyclic) bond motifs is 1. The minimum Gasteiger partial charge on any atom is -0.392 e. The molecule has 1 amide bonds. The van der Waals surface area contributed by atoms with E-state index in [0.29, 0.717) is 24.7 Å². The first kappa shape index (κ1) is 22.1. The molecule has 0 aromatic heterocycles. The fraction of sp³-hybridized carbons (Fsp3) is 0.296. The monoisotopic (exact) mass is 430 g/mol. The van der Waals surface area contributed by atoms with E-state index in [1.807, 2.05) is 36.4 Å². The number of hydrogen-bond acceptors (Lipinski definition) is 4. The fourth-order valence-corrected chi connectivity index (χ4v) is 4.36. The number of anilines is 2. The Hall–Kier alpha value is -3.15. The fourth-order valence-electron chi connectivity index (χ4n) is 4.36. The van der Waals surface area contributed by atoms with Gasteiger partial charge in [-0.05, 0) is 45.9 Å². The Labute approximate surface area is 189 Å². The van der Waals surface area contributed by atoms with Gasteiger partial charge in [-0.2, -0.15) is 0 Å². The van der Waals surface area contributed by atoms with Crippen LogP contribution in [0.1, 0.15) is 43.4 Å². The maximum absolute atomic E-state index is 12.3. The second-order valence-corrected chi connectivity index (χ2v) is 8.66. The lowest BCUT2D eigenvalue weighted by molar-refractivity contribution is -0.118. The largest absolute Gasteiger partial charge is 0.392 e. The second kappa shape index (κ2) is 9.15. The molecule has 32 heavy (non-hydrogen) atoms. The van der Waals surface area contributed by atoms with Gasteiger partial charge >= 0.3 is 0 Å². The van der Waals surface area contributed by atoms with Crippen molar-refractivity contribution in [1.29, 1.82) is 0 Å². The van der Waals surface area contributed by atoms with Crippen molar-refractivity contribution in [1.82, 2.24) is 0 Å². The Kier molecular flexibility index (Phi) is 6.31. The third-order valence-electron chi connectivity index (χ3n) is 6.16. The second-order valence-electron chi connectivity index (χ2n) is 8.66. The summed E-state index contributed by atoms with van der Waals surface area (Å²) < 4.78 is 0. The van der Waals surface area contributed by atoms with E-state index < -0.39 is 6.23 Å². The predicted octanol–water partition coefficient (Wildman–Crippen LogP) is 4.66. The number of carbonyl (C=O) groups excluding carboxylic acids is 1.